The predicted molar refractivity (Wildman–Crippen MR) is 109 cm³/mol. The maximum absolute atomic E-state index is 12.6. The summed E-state index contributed by atoms with van der Waals surface area (Å²) in [6, 6.07) is 11.1. The van der Waals surface area contributed by atoms with Crippen LogP contribution in [0.25, 0.3) is 0 Å². The number of carbonyl (C=O) groups is 1. The summed E-state index contributed by atoms with van der Waals surface area (Å²) in [6.07, 6.45) is 0. The number of carbonyl (C=O) groups excluding carboxylic acids is 1. The topological polar surface area (TPSA) is 54.0 Å². The highest BCUT2D eigenvalue weighted by molar-refractivity contribution is 6.30. The van der Waals surface area contributed by atoms with Gasteiger partial charge in [-0.1, -0.05) is 11.6 Å². The third-order valence-electron chi connectivity index (χ3n) is 4.72. The highest BCUT2D eigenvalue weighted by atomic mass is 35.5. The van der Waals surface area contributed by atoms with E-state index in [1.54, 1.807) is 20.3 Å². The summed E-state index contributed by atoms with van der Waals surface area (Å²) in [5.74, 6) is 1.52. The van der Waals surface area contributed by atoms with Crippen LogP contribution in [-0.2, 0) is 0 Å². The lowest BCUT2D eigenvalue weighted by atomic mass is 10.2. The molecule has 1 aliphatic heterocycles. The fourth-order valence-corrected chi connectivity index (χ4v) is 3.38. The number of anilines is 2. The molecule has 1 heterocycles. The van der Waals surface area contributed by atoms with Gasteiger partial charge in [0, 0.05) is 43.0 Å². The molecule has 1 fully saturated rings. The molecule has 0 unspecified atom stereocenters. The molecule has 0 radical (unpaired) electrons. The fourth-order valence-electron chi connectivity index (χ4n) is 3.16. The van der Waals surface area contributed by atoms with Gasteiger partial charge in [-0.05, 0) is 42.8 Å². The molecule has 2 aromatic carbocycles. The van der Waals surface area contributed by atoms with Crippen molar-refractivity contribution in [3.63, 3.8) is 0 Å². The van der Waals surface area contributed by atoms with E-state index in [1.807, 2.05) is 42.2 Å². The van der Waals surface area contributed by atoms with E-state index in [2.05, 4.69) is 10.2 Å². The number of hydrogen-bond acceptors (Lipinski definition) is 4. The van der Waals surface area contributed by atoms with Crippen molar-refractivity contribution < 1.29 is 14.3 Å². The first-order chi connectivity index (χ1) is 13.0. The minimum Gasteiger partial charge on any atom is -0.497 e. The largest absolute Gasteiger partial charge is 0.497 e. The molecule has 0 bridgehead atoms. The van der Waals surface area contributed by atoms with E-state index in [0.29, 0.717) is 18.1 Å². The van der Waals surface area contributed by atoms with Crippen LogP contribution in [0.3, 0.4) is 0 Å². The average Bonchev–Trinajstić information content (AvgIpc) is 2.69. The zero-order chi connectivity index (χ0) is 19.4. The van der Waals surface area contributed by atoms with Crippen LogP contribution in [0.15, 0.2) is 36.4 Å². The molecular formula is C20H24ClN3O3. The van der Waals surface area contributed by atoms with Gasteiger partial charge in [-0.25, -0.2) is 4.79 Å². The Morgan fingerprint density at radius 2 is 1.78 bits per heavy atom. The number of nitrogens with one attached hydrogen (secondary N) is 1. The molecule has 0 saturated carbocycles. The number of rotatable bonds is 4. The lowest BCUT2D eigenvalue weighted by Gasteiger charge is -2.36. The van der Waals surface area contributed by atoms with Crippen molar-refractivity contribution in [1.29, 1.82) is 0 Å². The molecule has 2 aromatic rings. The maximum atomic E-state index is 12.6. The Morgan fingerprint density at radius 1 is 1.04 bits per heavy atom. The molecule has 27 heavy (non-hydrogen) atoms. The molecule has 2 amide bonds. The number of urea groups is 1. The molecule has 0 aliphatic carbocycles. The number of amides is 2. The quantitative estimate of drug-likeness (QED) is 0.858. The van der Waals surface area contributed by atoms with Crippen LogP contribution in [0.2, 0.25) is 5.02 Å². The number of methoxy groups -OCH3 is 2. The summed E-state index contributed by atoms with van der Waals surface area (Å²) in [7, 11) is 3.28. The van der Waals surface area contributed by atoms with Crippen LogP contribution in [-0.4, -0.2) is 51.3 Å². The predicted octanol–water partition coefficient (Wildman–Crippen LogP) is 4.02. The number of aryl methyl sites for hydroxylation is 1. The summed E-state index contributed by atoms with van der Waals surface area (Å²) in [6.45, 7) is 4.65. The van der Waals surface area contributed by atoms with E-state index < -0.39 is 0 Å². The van der Waals surface area contributed by atoms with Crippen LogP contribution in [0, 0.1) is 6.92 Å². The van der Waals surface area contributed by atoms with Crippen molar-refractivity contribution in [2.24, 2.45) is 0 Å². The normalized spacial score (nSPS) is 14.1. The van der Waals surface area contributed by atoms with Gasteiger partial charge in [-0.2, -0.15) is 0 Å². The molecule has 6 nitrogen and oxygen atoms in total. The van der Waals surface area contributed by atoms with E-state index in [9.17, 15) is 4.79 Å². The Labute approximate surface area is 164 Å². The summed E-state index contributed by atoms with van der Waals surface area (Å²) in [5, 5.41) is 3.63. The second kappa shape index (κ2) is 8.39. The third-order valence-corrected chi connectivity index (χ3v) is 4.96. The molecule has 7 heteroatoms. The van der Waals surface area contributed by atoms with Crippen LogP contribution in [0.5, 0.6) is 11.5 Å². The number of hydrogen-bond donors (Lipinski definition) is 1. The standard InChI is InChI=1S/C20H24ClN3O3/c1-14-12-15(21)4-6-17(14)22-20(25)24-10-8-23(9-11-24)18-7-5-16(26-2)13-19(18)27-3/h4-7,12-13H,8-11H2,1-3H3,(H,22,25). The van der Waals surface area contributed by atoms with Crippen LogP contribution >= 0.6 is 11.6 Å². The van der Waals surface area contributed by atoms with Crippen molar-refractivity contribution in [3.05, 3.63) is 47.0 Å². The lowest BCUT2D eigenvalue weighted by Crippen LogP contribution is -2.50. The number of ether oxygens (including phenoxy) is 2. The van der Waals surface area contributed by atoms with Crippen molar-refractivity contribution >= 4 is 29.0 Å². The molecule has 0 aromatic heterocycles. The van der Waals surface area contributed by atoms with E-state index in [0.717, 1.165) is 41.5 Å². The first-order valence-corrected chi connectivity index (χ1v) is 9.18. The Kier molecular flexibility index (Phi) is 5.96. The number of nitrogens with zero attached hydrogens (tertiary/aromatic N) is 2. The SMILES string of the molecule is COc1ccc(N2CCN(C(=O)Nc3ccc(Cl)cc3C)CC2)c(OC)c1. The van der Waals surface area contributed by atoms with Crippen LogP contribution < -0.4 is 19.7 Å². The van der Waals surface area contributed by atoms with E-state index >= 15 is 0 Å². The Balaban J connectivity index is 1.62. The Bertz CT molecular complexity index is 820. The van der Waals surface area contributed by atoms with Gasteiger partial charge >= 0.3 is 6.03 Å². The Hall–Kier alpha value is -2.60. The fraction of sp³-hybridized carbons (Fsp3) is 0.350. The molecule has 1 saturated heterocycles. The third kappa shape index (κ3) is 4.39. The van der Waals surface area contributed by atoms with Gasteiger partial charge < -0.3 is 24.6 Å². The minimum atomic E-state index is -0.0956. The maximum Gasteiger partial charge on any atom is 0.321 e. The van der Waals surface area contributed by atoms with Gasteiger partial charge in [0.1, 0.15) is 11.5 Å². The average molecular weight is 390 g/mol. The molecule has 1 aliphatic rings. The number of piperazine rings is 1. The summed E-state index contributed by atoms with van der Waals surface area (Å²) < 4.78 is 10.7. The monoisotopic (exact) mass is 389 g/mol. The highest BCUT2D eigenvalue weighted by Crippen LogP contribution is 2.32. The van der Waals surface area contributed by atoms with Crippen molar-refractivity contribution in [2.45, 2.75) is 6.92 Å². The van der Waals surface area contributed by atoms with Crippen LogP contribution in [0.4, 0.5) is 16.2 Å². The zero-order valence-corrected chi connectivity index (χ0v) is 16.5. The Morgan fingerprint density at radius 3 is 2.41 bits per heavy atom. The molecule has 3 rings (SSSR count). The highest BCUT2D eigenvalue weighted by Gasteiger charge is 2.23. The molecular weight excluding hydrogens is 366 g/mol. The van der Waals surface area contributed by atoms with Gasteiger partial charge in [-0.15, -0.1) is 0 Å². The van der Waals surface area contributed by atoms with Gasteiger partial charge in [0.15, 0.2) is 0 Å². The second-order valence-corrected chi connectivity index (χ2v) is 6.84. The van der Waals surface area contributed by atoms with Crippen molar-refractivity contribution in [1.82, 2.24) is 4.90 Å². The van der Waals surface area contributed by atoms with Gasteiger partial charge in [-0.3, -0.25) is 0 Å². The first kappa shape index (κ1) is 19.2. The zero-order valence-electron chi connectivity index (χ0n) is 15.8. The van der Waals surface area contributed by atoms with Gasteiger partial charge in [0.25, 0.3) is 0 Å². The minimum absolute atomic E-state index is 0.0956. The number of benzene rings is 2. The van der Waals surface area contributed by atoms with Crippen molar-refractivity contribution in [2.75, 3.05) is 50.6 Å². The summed E-state index contributed by atoms with van der Waals surface area (Å²) in [4.78, 5) is 16.6. The molecule has 144 valence electrons. The van der Waals surface area contributed by atoms with Gasteiger partial charge in [0.05, 0.1) is 19.9 Å². The smallest absolute Gasteiger partial charge is 0.321 e. The van der Waals surface area contributed by atoms with Crippen LogP contribution in [0.1, 0.15) is 5.56 Å². The molecule has 0 spiro atoms. The van der Waals surface area contributed by atoms with E-state index in [1.165, 1.54) is 0 Å². The second-order valence-electron chi connectivity index (χ2n) is 6.40. The first-order valence-electron chi connectivity index (χ1n) is 8.81. The summed E-state index contributed by atoms with van der Waals surface area (Å²) in [5.41, 5.74) is 2.73. The van der Waals surface area contributed by atoms with Crippen molar-refractivity contribution in [3.8, 4) is 11.5 Å². The molecule has 0 atom stereocenters. The lowest BCUT2D eigenvalue weighted by molar-refractivity contribution is 0.208. The van der Waals surface area contributed by atoms with E-state index in [4.69, 9.17) is 21.1 Å². The van der Waals surface area contributed by atoms with Gasteiger partial charge in [0.2, 0.25) is 0 Å². The summed E-state index contributed by atoms with van der Waals surface area (Å²) >= 11 is 5.97. The molecule has 1 N–H and O–H groups in total. The number of halogens is 1. The van der Waals surface area contributed by atoms with E-state index in [-0.39, 0.29) is 6.03 Å².